The quantitative estimate of drug-likeness (QED) is 0.486. The number of hydrogen-bond donors (Lipinski definition) is 2. The fourth-order valence-corrected chi connectivity index (χ4v) is 3.18. The lowest BCUT2D eigenvalue weighted by Gasteiger charge is -2.07. The number of amides is 1. The van der Waals surface area contributed by atoms with Crippen molar-refractivity contribution < 1.29 is 19.9 Å². The zero-order valence-electron chi connectivity index (χ0n) is 13.5. The maximum atomic E-state index is 12.4. The van der Waals surface area contributed by atoms with Crippen LogP contribution in [0.2, 0.25) is 0 Å². The molecular weight excluding hydrogens is 358 g/mol. The van der Waals surface area contributed by atoms with Gasteiger partial charge in [-0.15, -0.1) is 0 Å². The van der Waals surface area contributed by atoms with Crippen molar-refractivity contribution in [1.82, 2.24) is 4.90 Å². The third-order valence-corrected chi connectivity index (χ3v) is 4.65. The van der Waals surface area contributed by atoms with Gasteiger partial charge in [-0.3, -0.25) is 19.8 Å². The van der Waals surface area contributed by atoms with Crippen molar-refractivity contribution in [1.29, 1.82) is 0 Å². The van der Waals surface area contributed by atoms with E-state index in [0.717, 1.165) is 11.8 Å². The van der Waals surface area contributed by atoms with E-state index >= 15 is 0 Å². The molecule has 132 valence electrons. The lowest BCUT2D eigenvalue weighted by Crippen LogP contribution is -2.23. The van der Waals surface area contributed by atoms with Gasteiger partial charge < -0.3 is 10.2 Å². The van der Waals surface area contributed by atoms with Crippen LogP contribution in [0, 0.1) is 10.1 Å². The number of amidine groups is 1. The molecule has 3 rings (SSSR count). The number of non-ortho nitro benzene ring substituents is 1. The van der Waals surface area contributed by atoms with Crippen LogP contribution in [-0.2, 0) is 4.79 Å². The van der Waals surface area contributed by atoms with Gasteiger partial charge in [0.05, 0.1) is 15.5 Å². The van der Waals surface area contributed by atoms with Gasteiger partial charge in [0, 0.05) is 24.7 Å². The van der Waals surface area contributed by atoms with Crippen molar-refractivity contribution in [2.45, 2.75) is 0 Å². The molecule has 0 spiro atoms. The fraction of sp³-hybridized carbons (Fsp3) is 0.0588. The number of nitrogens with zero attached hydrogens (tertiary/aromatic N) is 3. The summed E-state index contributed by atoms with van der Waals surface area (Å²) in [5.41, 5.74) is 0.551. The number of hydrogen-bond acceptors (Lipinski definition) is 7. The second kappa shape index (κ2) is 6.89. The van der Waals surface area contributed by atoms with Gasteiger partial charge in [0.2, 0.25) is 0 Å². The number of phenols is 2. The van der Waals surface area contributed by atoms with Crippen LogP contribution in [-0.4, -0.2) is 38.2 Å². The molecule has 0 radical (unpaired) electrons. The maximum Gasteiger partial charge on any atom is 0.270 e. The van der Waals surface area contributed by atoms with E-state index in [2.05, 4.69) is 4.99 Å². The minimum atomic E-state index is -0.575. The van der Waals surface area contributed by atoms with E-state index in [-0.39, 0.29) is 33.6 Å². The molecule has 1 aliphatic heterocycles. The Hall–Kier alpha value is -3.33. The van der Waals surface area contributed by atoms with E-state index in [0.29, 0.717) is 10.9 Å². The molecule has 8 nitrogen and oxygen atoms in total. The Balaban J connectivity index is 1.94. The molecule has 0 atom stereocenters. The summed E-state index contributed by atoms with van der Waals surface area (Å²) in [7, 11) is 1.56. The van der Waals surface area contributed by atoms with Crippen molar-refractivity contribution in [2.24, 2.45) is 4.99 Å². The second-order valence-electron chi connectivity index (χ2n) is 5.39. The largest absolute Gasteiger partial charge is 0.508 e. The van der Waals surface area contributed by atoms with Crippen LogP contribution in [0.5, 0.6) is 11.5 Å². The topological polar surface area (TPSA) is 116 Å². The number of aromatic hydroxyl groups is 2. The maximum absolute atomic E-state index is 12.4. The zero-order valence-corrected chi connectivity index (χ0v) is 14.3. The number of likely N-dealkylation sites (N-methyl/N-ethyl adjacent to an activating group) is 1. The highest BCUT2D eigenvalue weighted by molar-refractivity contribution is 8.18. The van der Waals surface area contributed by atoms with E-state index in [4.69, 9.17) is 0 Å². The van der Waals surface area contributed by atoms with E-state index in [1.807, 2.05) is 0 Å². The average Bonchev–Trinajstić information content (AvgIpc) is 2.86. The minimum Gasteiger partial charge on any atom is -0.508 e. The van der Waals surface area contributed by atoms with Gasteiger partial charge in [-0.1, -0.05) is 0 Å². The number of carbonyl (C=O) groups excluding carboxylic acids is 1. The number of aliphatic imine (C=N–C) groups is 1. The third-order valence-electron chi connectivity index (χ3n) is 3.59. The Kier molecular flexibility index (Phi) is 4.63. The number of nitro groups is 1. The first-order valence-corrected chi connectivity index (χ1v) is 8.19. The van der Waals surface area contributed by atoms with Crippen molar-refractivity contribution in [2.75, 3.05) is 7.05 Å². The van der Waals surface area contributed by atoms with E-state index in [1.54, 1.807) is 19.2 Å². The highest BCUT2D eigenvalue weighted by Gasteiger charge is 2.30. The number of nitro benzene ring substituents is 1. The highest BCUT2D eigenvalue weighted by Crippen LogP contribution is 2.35. The Morgan fingerprint density at radius 2 is 1.88 bits per heavy atom. The van der Waals surface area contributed by atoms with Crippen LogP contribution in [0.4, 0.5) is 11.4 Å². The van der Waals surface area contributed by atoms with Gasteiger partial charge in [0.1, 0.15) is 11.5 Å². The van der Waals surface area contributed by atoms with Crippen molar-refractivity contribution in [3.8, 4) is 11.5 Å². The molecule has 0 aliphatic carbocycles. The Morgan fingerprint density at radius 1 is 1.19 bits per heavy atom. The van der Waals surface area contributed by atoms with Crippen LogP contribution >= 0.6 is 11.8 Å². The summed E-state index contributed by atoms with van der Waals surface area (Å²) in [6, 6.07) is 9.78. The summed E-state index contributed by atoms with van der Waals surface area (Å²) < 4.78 is 0. The summed E-state index contributed by atoms with van der Waals surface area (Å²) in [6.07, 6.45) is 1.39. The monoisotopic (exact) mass is 371 g/mol. The molecular formula is C17H13N3O5S. The fourth-order valence-electron chi connectivity index (χ4n) is 2.20. The summed E-state index contributed by atoms with van der Waals surface area (Å²) >= 11 is 1.09. The summed E-state index contributed by atoms with van der Waals surface area (Å²) in [5.74, 6) is -0.388. The number of carbonyl (C=O) groups is 1. The van der Waals surface area contributed by atoms with Gasteiger partial charge in [-0.2, -0.15) is 0 Å². The Bertz CT molecular complexity index is 953. The smallest absolute Gasteiger partial charge is 0.270 e. The molecule has 1 heterocycles. The van der Waals surface area contributed by atoms with Crippen LogP contribution in [0.25, 0.3) is 6.08 Å². The normalized spacial score (nSPS) is 17.3. The first-order chi connectivity index (χ1) is 12.3. The van der Waals surface area contributed by atoms with Gasteiger partial charge in [-0.25, -0.2) is 4.99 Å². The number of rotatable bonds is 3. The van der Waals surface area contributed by atoms with Crippen LogP contribution in [0.3, 0.4) is 0 Å². The zero-order chi connectivity index (χ0) is 18.8. The molecule has 0 saturated carbocycles. The second-order valence-corrected chi connectivity index (χ2v) is 6.39. The molecule has 0 unspecified atom stereocenters. The molecule has 9 heteroatoms. The molecule has 2 N–H and O–H groups in total. The van der Waals surface area contributed by atoms with Gasteiger partial charge in [0.25, 0.3) is 11.6 Å². The van der Waals surface area contributed by atoms with Crippen LogP contribution < -0.4 is 0 Å². The lowest BCUT2D eigenvalue weighted by atomic mass is 10.1. The standard InChI is InChI=1S/C17H13N3O5S/c1-19-16(23)15(9-10-8-12(20(24)25)4-7-14(10)22)26-17(19)18-11-2-5-13(21)6-3-11/h2-9,21-22H,1H3/b15-9-,18-17?. The van der Waals surface area contributed by atoms with E-state index < -0.39 is 4.92 Å². The number of benzene rings is 2. The molecule has 1 amide bonds. The van der Waals surface area contributed by atoms with Crippen LogP contribution in [0.15, 0.2) is 52.4 Å². The summed E-state index contributed by atoms with van der Waals surface area (Å²) in [4.78, 5) is 28.7. The average molecular weight is 371 g/mol. The van der Waals surface area contributed by atoms with Gasteiger partial charge >= 0.3 is 0 Å². The number of phenolic OH excluding ortho intramolecular Hbond substituents is 2. The minimum absolute atomic E-state index is 0.110. The first kappa shape index (κ1) is 17.5. The molecule has 0 aromatic heterocycles. The summed E-state index contributed by atoms with van der Waals surface area (Å²) in [5, 5.41) is 30.5. The highest BCUT2D eigenvalue weighted by atomic mass is 32.2. The van der Waals surface area contributed by atoms with E-state index in [9.17, 15) is 25.1 Å². The van der Waals surface area contributed by atoms with Crippen molar-refractivity contribution in [3.05, 3.63) is 63.0 Å². The molecule has 1 aliphatic rings. The lowest BCUT2D eigenvalue weighted by molar-refractivity contribution is -0.384. The van der Waals surface area contributed by atoms with Crippen molar-refractivity contribution >= 4 is 40.3 Å². The SMILES string of the molecule is CN1C(=O)/C(=C/c2cc([N+](=O)[O-])ccc2O)SC1=Nc1ccc(O)cc1. The Morgan fingerprint density at radius 3 is 2.54 bits per heavy atom. The first-order valence-electron chi connectivity index (χ1n) is 7.38. The predicted octanol–water partition coefficient (Wildman–Crippen LogP) is 3.24. The van der Waals surface area contributed by atoms with Gasteiger partial charge in [-0.05, 0) is 48.2 Å². The van der Waals surface area contributed by atoms with Crippen molar-refractivity contribution in [3.63, 3.8) is 0 Å². The van der Waals surface area contributed by atoms with Gasteiger partial charge in [0.15, 0.2) is 5.17 Å². The number of thioether (sulfide) groups is 1. The molecule has 2 aromatic rings. The Labute approximate surface area is 152 Å². The molecule has 1 fully saturated rings. The summed E-state index contributed by atoms with van der Waals surface area (Å²) in [6.45, 7) is 0. The molecule has 26 heavy (non-hydrogen) atoms. The molecule has 0 bridgehead atoms. The van der Waals surface area contributed by atoms with E-state index in [1.165, 1.54) is 41.3 Å². The van der Waals surface area contributed by atoms with Crippen LogP contribution in [0.1, 0.15) is 5.56 Å². The molecule has 2 aromatic carbocycles. The molecule has 1 saturated heterocycles. The third kappa shape index (κ3) is 3.52. The predicted molar refractivity (Wildman–Crippen MR) is 98.3 cm³/mol.